The standard InChI is InChI=1S/C17H18N2O/c1-3-13(2)15-8-4-5-9-17(15)20-12-14-7-6-10-19-16(14)11-18/h4-10,13H,3,12H2,1-2H3. The monoisotopic (exact) mass is 266 g/mol. The molecular formula is C17H18N2O. The lowest BCUT2D eigenvalue weighted by molar-refractivity contribution is 0.300. The summed E-state index contributed by atoms with van der Waals surface area (Å²) in [5.74, 6) is 1.34. The van der Waals surface area contributed by atoms with Crippen molar-refractivity contribution in [1.29, 1.82) is 5.26 Å². The van der Waals surface area contributed by atoms with Gasteiger partial charge in [0.05, 0.1) is 0 Å². The van der Waals surface area contributed by atoms with Crippen LogP contribution in [0.4, 0.5) is 0 Å². The summed E-state index contributed by atoms with van der Waals surface area (Å²) in [6.45, 7) is 4.72. The maximum absolute atomic E-state index is 9.03. The number of rotatable bonds is 5. The van der Waals surface area contributed by atoms with Gasteiger partial charge in [-0.15, -0.1) is 0 Å². The topological polar surface area (TPSA) is 45.9 Å². The van der Waals surface area contributed by atoms with E-state index in [1.54, 1.807) is 6.20 Å². The van der Waals surface area contributed by atoms with Crippen LogP contribution in [-0.2, 0) is 6.61 Å². The minimum absolute atomic E-state index is 0.365. The van der Waals surface area contributed by atoms with Gasteiger partial charge in [-0.2, -0.15) is 5.26 Å². The predicted octanol–water partition coefficient (Wildman–Crippen LogP) is 4.05. The lowest BCUT2D eigenvalue weighted by Crippen LogP contribution is -2.03. The molecule has 102 valence electrons. The van der Waals surface area contributed by atoms with Gasteiger partial charge in [0, 0.05) is 11.8 Å². The molecule has 20 heavy (non-hydrogen) atoms. The summed E-state index contributed by atoms with van der Waals surface area (Å²) in [5.41, 5.74) is 2.44. The van der Waals surface area contributed by atoms with E-state index in [2.05, 4.69) is 31.0 Å². The first-order valence-electron chi connectivity index (χ1n) is 6.82. The molecule has 1 aromatic heterocycles. The SMILES string of the molecule is CCC(C)c1ccccc1OCc1cccnc1C#N. The van der Waals surface area contributed by atoms with E-state index in [9.17, 15) is 0 Å². The van der Waals surface area contributed by atoms with Crippen molar-refractivity contribution < 1.29 is 4.74 Å². The minimum Gasteiger partial charge on any atom is -0.489 e. The molecule has 0 amide bonds. The lowest BCUT2D eigenvalue weighted by atomic mass is 9.98. The van der Waals surface area contributed by atoms with Crippen molar-refractivity contribution in [3.63, 3.8) is 0 Å². The average molecular weight is 266 g/mol. The first-order valence-corrected chi connectivity index (χ1v) is 6.82. The van der Waals surface area contributed by atoms with E-state index in [0.29, 0.717) is 18.2 Å². The number of nitrogens with zero attached hydrogens (tertiary/aromatic N) is 2. The summed E-state index contributed by atoms with van der Waals surface area (Å²) < 4.78 is 5.90. The molecule has 1 atom stereocenters. The number of para-hydroxylation sites is 1. The molecule has 0 saturated carbocycles. The quantitative estimate of drug-likeness (QED) is 0.820. The molecule has 0 aliphatic carbocycles. The molecule has 1 unspecified atom stereocenters. The van der Waals surface area contributed by atoms with Crippen LogP contribution < -0.4 is 4.74 Å². The molecule has 3 nitrogen and oxygen atoms in total. The Morgan fingerprint density at radius 2 is 2.05 bits per heavy atom. The van der Waals surface area contributed by atoms with Gasteiger partial charge in [0.25, 0.3) is 0 Å². The van der Waals surface area contributed by atoms with Crippen molar-refractivity contribution >= 4 is 0 Å². The van der Waals surface area contributed by atoms with Gasteiger partial charge in [0.2, 0.25) is 0 Å². The van der Waals surface area contributed by atoms with Gasteiger partial charge < -0.3 is 4.74 Å². The minimum atomic E-state index is 0.365. The maximum Gasteiger partial charge on any atom is 0.147 e. The number of aromatic nitrogens is 1. The summed E-state index contributed by atoms with van der Waals surface area (Å²) in [5, 5.41) is 9.03. The number of benzene rings is 1. The van der Waals surface area contributed by atoms with E-state index >= 15 is 0 Å². The number of pyridine rings is 1. The van der Waals surface area contributed by atoms with E-state index in [1.165, 1.54) is 5.56 Å². The van der Waals surface area contributed by atoms with Crippen molar-refractivity contribution in [1.82, 2.24) is 4.98 Å². The molecule has 3 heteroatoms. The second-order valence-corrected chi connectivity index (χ2v) is 4.76. The van der Waals surface area contributed by atoms with Crippen molar-refractivity contribution in [2.45, 2.75) is 32.8 Å². The molecule has 0 N–H and O–H groups in total. The van der Waals surface area contributed by atoms with Crippen LogP contribution in [0.2, 0.25) is 0 Å². The van der Waals surface area contributed by atoms with Crippen LogP contribution in [0.1, 0.15) is 43.0 Å². The second kappa shape index (κ2) is 6.72. The number of hydrogen-bond acceptors (Lipinski definition) is 3. The summed E-state index contributed by atoms with van der Waals surface area (Å²) >= 11 is 0. The van der Waals surface area contributed by atoms with E-state index in [1.807, 2.05) is 30.3 Å². The highest BCUT2D eigenvalue weighted by Crippen LogP contribution is 2.29. The molecule has 0 bridgehead atoms. The fraction of sp³-hybridized carbons (Fsp3) is 0.294. The Labute approximate surface area is 119 Å². The third-order valence-corrected chi connectivity index (χ3v) is 3.44. The summed E-state index contributed by atoms with van der Waals surface area (Å²) in [7, 11) is 0. The Bertz CT molecular complexity index is 616. The van der Waals surface area contributed by atoms with Crippen LogP contribution in [0.15, 0.2) is 42.6 Å². The zero-order valence-corrected chi connectivity index (χ0v) is 11.8. The van der Waals surface area contributed by atoms with Crippen molar-refractivity contribution in [2.24, 2.45) is 0 Å². The third-order valence-electron chi connectivity index (χ3n) is 3.44. The molecule has 0 aliphatic rings. The smallest absolute Gasteiger partial charge is 0.147 e. The molecule has 0 aliphatic heterocycles. The average Bonchev–Trinajstić information content (AvgIpc) is 2.52. The summed E-state index contributed by atoms with van der Waals surface area (Å²) in [6, 6.07) is 13.8. The molecule has 1 aromatic carbocycles. The summed E-state index contributed by atoms with van der Waals surface area (Å²) in [4.78, 5) is 4.04. The Morgan fingerprint density at radius 3 is 2.80 bits per heavy atom. The molecule has 2 aromatic rings. The number of ether oxygens (including phenoxy) is 1. The van der Waals surface area contributed by atoms with Gasteiger partial charge in [-0.05, 0) is 30.0 Å². The highest BCUT2D eigenvalue weighted by Gasteiger charge is 2.10. The van der Waals surface area contributed by atoms with Crippen molar-refractivity contribution in [3.05, 3.63) is 59.4 Å². The number of hydrogen-bond donors (Lipinski definition) is 0. The van der Waals surface area contributed by atoms with Gasteiger partial charge >= 0.3 is 0 Å². The van der Waals surface area contributed by atoms with Crippen LogP contribution in [-0.4, -0.2) is 4.98 Å². The summed E-state index contributed by atoms with van der Waals surface area (Å²) in [6.07, 6.45) is 2.69. The van der Waals surface area contributed by atoms with Gasteiger partial charge in [-0.25, -0.2) is 4.98 Å². The Hall–Kier alpha value is -2.34. The van der Waals surface area contributed by atoms with Gasteiger partial charge in [-0.3, -0.25) is 0 Å². The fourth-order valence-electron chi connectivity index (χ4n) is 2.05. The van der Waals surface area contributed by atoms with Gasteiger partial charge in [0.1, 0.15) is 24.1 Å². The lowest BCUT2D eigenvalue weighted by Gasteiger charge is -2.15. The molecule has 0 spiro atoms. The van der Waals surface area contributed by atoms with Crippen LogP contribution in [0.25, 0.3) is 0 Å². The van der Waals surface area contributed by atoms with Gasteiger partial charge in [-0.1, -0.05) is 38.1 Å². The number of nitriles is 1. The molecule has 1 heterocycles. The molecular weight excluding hydrogens is 248 g/mol. The Kier molecular flexibility index (Phi) is 4.73. The molecule has 2 rings (SSSR count). The van der Waals surface area contributed by atoms with Crippen LogP contribution >= 0.6 is 0 Å². The zero-order valence-electron chi connectivity index (χ0n) is 11.8. The van der Waals surface area contributed by atoms with E-state index < -0.39 is 0 Å². The van der Waals surface area contributed by atoms with Crippen molar-refractivity contribution in [2.75, 3.05) is 0 Å². The highest BCUT2D eigenvalue weighted by atomic mass is 16.5. The second-order valence-electron chi connectivity index (χ2n) is 4.76. The largest absolute Gasteiger partial charge is 0.489 e. The maximum atomic E-state index is 9.03. The Balaban J connectivity index is 2.17. The highest BCUT2D eigenvalue weighted by molar-refractivity contribution is 5.37. The predicted molar refractivity (Wildman–Crippen MR) is 78.4 cm³/mol. The van der Waals surface area contributed by atoms with Gasteiger partial charge in [0.15, 0.2) is 0 Å². The van der Waals surface area contributed by atoms with E-state index in [4.69, 9.17) is 10.00 Å². The molecule has 0 saturated heterocycles. The van der Waals surface area contributed by atoms with E-state index in [0.717, 1.165) is 17.7 Å². The third kappa shape index (κ3) is 3.16. The first kappa shape index (κ1) is 14.1. The molecule has 0 fully saturated rings. The van der Waals surface area contributed by atoms with Crippen LogP contribution in [0, 0.1) is 11.3 Å². The molecule has 0 radical (unpaired) electrons. The normalized spacial score (nSPS) is 11.7. The first-order chi connectivity index (χ1) is 9.76. The zero-order chi connectivity index (χ0) is 14.4. The van der Waals surface area contributed by atoms with Crippen LogP contribution in [0.5, 0.6) is 5.75 Å². The van der Waals surface area contributed by atoms with Crippen molar-refractivity contribution in [3.8, 4) is 11.8 Å². The fourth-order valence-corrected chi connectivity index (χ4v) is 2.05. The Morgan fingerprint density at radius 1 is 1.25 bits per heavy atom. The van der Waals surface area contributed by atoms with Crippen LogP contribution in [0.3, 0.4) is 0 Å². The van der Waals surface area contributed by atoms with E-state index in [-0.39, 0.29) is 0 Å².